The van der Waals surface area contributed by atoms with Gasteiger partial charge in [-0.15, -0.1) is 0 Å². The molecule has 5 heteroatoms. The van der Waals surface area contributed by atoms with Crippen molar-refractivity contribution in [2.24, 2.45) is 0 Å². The molecule has 118 valence electrons. The molecule has 1 N–H and O–H groups in total. The molecular formula is C16H29N5. The van der Waals surface area contributed by atoms with E-state index in [0.717, 1.165) is 37.0 Å². The van der Waals surface area contributed by atoms with Gasteiger partial charge in [-0.3, -0.25) is 4.90 Å². The van der Waals surface area contributed by atoms with Crippen molar-refractivity contribution in [2.75, 3.05) is 39.5 Å². The highest BCUT2D eigenvalue weighted by Crippen LogP contribution is 2.36. The van der Waals surface area contributed by atoms with Gasteiger partial charge in [0.2, 0.25) is 0 Å². The van der Waals surface area contributed by atoms with Crippen LogP contribution in [0.1, 0.15) is 37.7 Å². The molecule has 21 heavy (non-hydrogen) atoms. The van der Waals surface area contributed by atoms with E-state index in [1.807, 2.05) is 13.0 Å². The molecule has 0 unspecified atom stereocenters. The largest absolute Gasteiger partial charge is 0.370 e. The van der Waals surface area contributed by atoms with Crippen molar-refractivity contribution in [1.82, 2.24) is 19.8 Å². The summed E-state index contributed by atoms with van der Waals surface area (Å²) in [5.41, 5.74) is 1.37. The number of rotatable bonds is 7. The van der Waals surface area contributed by atoms with Gasteiger partial charge in [-0.05, 0) is 54.3 Å². The lowest BCUT2D eigenvalue weighted by molar-refractivity contribution is 0.0253. The van der Waals surface area contributed by atoms with Crippen LogP contribution in [0.5, 0.6) is 0 Å². The van der Waals surface area contributed by atoms with Crippen molar-refractivity contribution in [2.45, 2.75) is 45.2 Å². The van der Waals surface area contributed by atoms with E-state index in [2.05, 4.69) is 53.2 Å². The molecule has 0 bridgehead atoms. The molecule has 0 radical (unpaired) electrons. The van der Waals surface area contributed by atoms with Gasteiger partial charge in [-0.25, -0.2) is 9.97 Å². The highest BCUT2D eigenvalue weighted by molar-refractivity contribution is 5.35. The van der Waals surface area contributed by atoms with Crippen LogP contribution < -0.4 is 5.32 Å². The molecule has 0 saturated heterocycles. The quantitative estimate of drug-likeness (QED) is 0.834. The molecule has 2 rings (SSSR count). The Morgan fingerprint density at radius 3 is 2.48 bits per heavy atom. The zero-order chi connectivity index (χ0) is 15.5. The minimum Gasteiger partial charge on any atom is -0.370 e. The van der Waals surface area contributed by atoms with Crippen LogP contribution in [0.4, 0.5) is 5.82 Å². The zero-order valence-corrected chi connectivity index (χ0v) is 14.1. The van der Waals surface area contributed by atoms with Crippen LogP contribution in [0.15, 0.2) is 6.07 Å². The summed E-state index contributed by atoms with van der Waals surface area (Å²) in [5, 5.41) is 3.27. The summed E-state index contributed by atoms with van der Waals surface area (Å²) in [7, 11) is 6.56. The molecule has 1 aliphatic carbocycles. The number of aromatic nitrogens is 2. The summed E-state index contributed by atoms with van der Waals surface area (Å²) in [6.45, 7) is 6.87. The molecular weight excluding hydrogens is 262 g/mol. The Morgan fingerprint density at radius 2 is 1.95 bits per heavy atom. The second-order valence-electron chi connectivity index (χ2n) is 6.49. The number of likely N-dealkylation sites (N-methyl/N-ethyl adjacent to an activating group) is 2. The smallest absolute Gasteiger partial charge is 0.144 e. The van der Waals surface area contributed by atoms with Gasteiger partial charge in [-0.1, -0.05) is 0 Å². The minimum atomic E-state index is 0.350. The maximum Gasteiger partial charge on any atom is 0.144 e. The standard InChI is InChI=1S/C16H29N5/c1-6-17-14-10-13(2)18-15(19-14)11-21(5)12-16(20(3)4)8-7-9-16/h10H,6-9,11-12H2,1-5H3,(H,17,18,19). The van der Waals surface area contributed by atoms with Gasteiger partial charge < -0.3 is 10.2 Å². The van der Waals surface area contributed by atoms with Crippen molar-refractivity contribution in [1.29, 1.82) is 0 Å². The van der Waals surface area contributed by atoms with Gasteiger partial charge in [0, 0.05) is 30.4 Å². The van der Waals surface area contributed by atoms with E-state index < -0.39 is 0 Å². The Balaban J connectivity index is 2.00. The fourth-order valence-electron chi connectivity index (χ4n) is 3.10. The highest BCUT2D eigenvalue weighted by Gasteiger charge is 2.39. The molecule has 1 heterocycles. The van der Waals surface area contributed by atoms with Gasteiger partial charge in [0.05, 0.1) is 6.54 Å². The SMILES string of the molecule is CCNc1cc(C)nc(CN(C)CC2(N(C)C)CCC2)n1. The molecule has 0 aliphatic heterocycles. The summed E-state index contributed by atoms with van der Waals surface area (Å²) in [6, 6.07) is 2.00. The van der Waals surface area contributed by atoms with Crippen molar-refractivity contribution in [3.63, 3.8) is 0 Å². The zero-order valence-electron chi connectivity index (χ0n) is 14.1. The first kappa shape index (κ1) is 16.2. The molecule has 0 aromatic carbocycles. The summed E-state index contributed by atoms with van der Waals surface area (Å²) >= 11 is 0. The summed E-state index contributed by atoms with van der Waals surface area (Å²) < 4.78 is 0. The molecule has 1 aromatic heterocycles. The van der Waals surface area contributed by atoms with E-state index >= 15 is 0 Å². The summed E-state index contributed by atoms with van der Waals surface area (Å²) in [4.78, 5) is 13.9. The molecule has 5 nitrogen and oxygen atoms in total. The maximum absolute atomic E-state index is 4.60. The Bertz CT molecular complexity index is 468. The molecule has 1 aromatic rings. The third-order valence-electron chi connectivity index (χ3n) is 4.47. The summed E-state index contributed by atoms with van der Waals surface area (Å²) in [5.74, 6) is 1.83. The van der Waals surface area contributed by atoms with Gasteiger partial charge in [0.1, 0.15) is 11.6 Å². The van der Waals surface area contributed by atoms with E-state index in [1.165, 1.54) is 19.3 Å². The third kappa shape index (κ3) is 3.92. The van der Waals surface area contributed by atoms with Gasteiger partial charge in [0.25, 0.3) is 0 Å². The predicted molar refractivity (Wildman–Crippen MR) is 87.5 cm³/mol. The van der Waals surface area contributed by atoms with Gasteiger partial charge in [-0.2, -0.15) is 0 Å². The number of nitrogens with zero attached hydrogens (tertiary/aromatic N) is 4. The Hall–Kier alpha value is -1.20. The molecule has 0 atom stereocenters. The molecule has 1 saturated carbocycles. The molecule has 0 amide bonds. The Morgan fingerprint density at radius 1 is 1.24 bits per heavy atom. The van der Waals surface area contributed by atoms with Crippen LogP contribution >= 0.6 is 0 Å². The first-order valence-corrected chi connectivity index (χ1v) is 7.89. The third-order valence-corrected chi connectivity index (χ3v) is 4.47. The normalized spacial score (nSPS) is 17.1. The number of nitrogens with one attached hydrogen (secondary N) is 1. The van der Waals surface area contributed by atoms with Crippen LogP contribution in [-0.2, 0) is 6.54 Å². The second-order valence-corrected chi connectivity index (χ2v) is 6.49. The topological polar surface area (TPSA) is 44.3 Å². The number of hydrogen-bond donors (Lipinski definition) is 1. The van der Waals surface area contributed by atoms with E-state index in [1.54, 1.807) is 0 Å². The van der Waals surface area contributed by atoms with Crippen molar-refractivity contribution < 1.29 is 0 Å². The van der Waals surface area contributed by atoms with Crippen LogP contribution in [-0.4, -0.2) is 59.5 Å². The van der Waals surface area contributed by atoms with Crippen LogP contribution in [0.2, 0.25) is 0 Å². The van der Waals surface area contributed by atoms with Gasteiger partial charge in [0.15, 0.2) is 0 Å². The Kier molecular flexibility index (Phi) is 5.17. The highest BCUT2D eigenvalue weighted by atomic mass is 15.2. The lowest BCUT2D eigenvalue weighted by Crippen LogP contribution is -2.56. The van der Waals surface area contributed by atoms with Crippen LogP contribution in [0.3, 0.4) is 0 Å². The maximum atomic E-state index is 4.60. The lowest BCUT2D eigenvalue weighted by Gasteiger charge is -2.49. The molecule has 1 fully saturated rings. The number of aryl methyl sites for hydroxylation is 1. The van der Waals surface area contributed by atoms with Crippen LogP contribution in [0.25, 0.3) is 0 Å². The van der Waals surface area contributed by atoms with Crippen molar-refractivity contribution >= 4 is 5.82 Å². The average Bonchev–Trinajstić information content (AvgIpc) is 2.33. The van der Waals surface area contributed by atoms with Crippen molar-refractivity contribution in [3.05, 3.63) is 17.6 Å². The first-order chi connectivity index (χ1) is 9.95. The number of hydrogen-bond acceptors (Lipinski definition) is 5. The first-order valence-electron chi connectivity index (χ1n) is 7.89. The minimum absolute atomic E-state index is 0.350. The van der Waals surface area contributed by atoms with E-state index in [0.29, 0.717) is 5.54 Å². The van der Waals surface area contributed by atoms with E-state index in [4.69, 9.17) is 0 Å². The number of anilines is 1. The fourth-order valence-corrected chi connectivity index (χ4v) is 3.10. The lowest BCUT2D eigenvalue weighted by atomic mass is 9.75. The fraction of sp³-hybridized carbons (Fsp3) is 0.750. The van der Waals surface area contributed by atoms with E-state index in [-0.39, 0.29) is 0 Å². The van der Waals surface area contributed by atoms with Crippen molar-refractivity contribution in [3.8, 4) is 0 Å². The van der Waals surface area contributed by atoms with Gasteiger partial charge >= 0.3 is 0 Å². The average molecular weight is 291 g/mol. The Labute approximate surface area is 128 Å². The molecule has 0 spiro atoms. The summed E-state index contributed by atoms with van der Waals surface area (Å²) in [6.07, 6.45) is 3.93. The van der Waals surface area contributed by atoms with Crippen LogP contribution in [0, 0.1) is 6.92 Å². The van der Waals surface area contributed by atoms with E-state index in [9.17, 15) is 0 Å². The predicted octanol–water partition coefficient (Wildman–Crippen LogP) is 2.13. The molecule has 1 aliphatic rings. The second kappa shape index (κ2) is 6.71. The monoisotopic (exact) mass is 291 g/mol.